The van der Waals surface area contributed by atoms with E-state index in [0.717, 1.165) is 5.56 Å². The molecule has 80 valence electrons. The fourth-order valence-corrected chi connectivity index (χ4v) is 1.16. The van der Waals surface area contributed by atoms with Crippen LogP contribution in [0.15, 0.2) is 30.3 Å². The molecule has 0 heterocycles. The zero-order valence-corrected chi connectivity index (χ0v) is 9.27. The first-order chi connectivity index (χ1) is 7.08. The fraction of sp³-hybridized carbons (Fsp3) is 0.300. The monoisotopic (exact) mass is 227 g/mol. The zero-order valence-electron chi connectivity index (χ0n) is 8.27. The van der Waals surface area contributed by atoms with Crippen molar-refractivity contribution < 1.29 is 19.2 Å². The van der Waals surface area contributed by atoms with Crippen LogP contribution in [0.2, 0.25) is 0 Å². The number of carbonyl (C=O) groups is 1. The summed E-state index contributed by atoms with van der Waals surface area (Å²) in [5, 5.41) is 7.18. The van der Waals surface area contributed by atoms with E-state index in [4.69, 9.17) is 9.84 Å². The van der Waals surface area contributed by atoms with Crippen LogP contribution >= 0.6 is 8.46 Å². The summed E-state index contributed by atoms with van der Waals surface area (Å²) >= 11 is 0. The maximum Gasteiger partial charge on any atom is 0.387 e. The van der Waals surface area contributed by atoms with Crippen molar-refractivity contribution in [2.45, 2.75) is 18.9 Å². The first-order valence-electron chi connectivity index (χ1n) is 4.39. The second-order valence-electron chi connectivity index (χ2n) is 3.21. The number of rotatable bonds is 5. The average molecular weight is 227 g/mol. The predicted molar refractivity (Wildman–Crippen MR) is 56.3 cm³/mol. The van der Waals surface area contributed by atoms with Crippen LogP contribution in [-0.2, 0) is 20.7 Å². The Morgan fingerprint density at radius 2 is 2.07 bits per heavy atom. The molecule has 0 aliphatic heterocycles. The highest BCUT2D eigenvalue weighted by Gasteiger charge is 2.43. The maximum absolute atomic E-state index is 10.8. The first kappa shape index (κ1) is 11.8. The molecule has 0 fully saturated rings. The van der Waals surface area contributed by atoms with Gasteiger partial charge in [-0.3, -0.25) is 0 Å². The number of hydrogen-bond acceptors (Lipinski definition) is 3. The molecule has 0 amide bonds. The third-order valence-electron chi connectivity index (χ3n) is 1.97. The Labute approximate surface area is 89.1 Å². The largest absolute Gasteiger partial charge is 0.476 e. The highest BCUT2D eigenvalue weighted by molar-refractivity contribution is 7.27. The van der Waals surface area contributed by atoms with Crippen molar-refractivity contribution in [1.29, 1.82) is 0 Å². The molecular weight excluding hydrogens is 215 g/mol. The highest BCUT2D eigenvalue weighted by atomic mass is 31.1. The first-order valence-corrected chi connectivity index (χ1v) is 5.30. The Morgan fingerprint density at radius 3 is 2.53 bits per heavy atom. The summed E-state index contributed by atoms with van der Waals surface area (Å²) in [6, 6.07) is 9.15. The molecule has 1 N–H and O–H groups in total. The Hall–Kier alpha value is -1.25. The van der Waals surface area contributed by atoms with Gasteiger partial charge in [-0.1, -0.05) is 34.9 Å². The standard InChI is InChI=1S/C10H11O4P/c1-10(15-13,9(11)12)14-7-8-5-3-2-4-6-8/h2-6H,7H2,1H3,(H,11,12)/p+1. The number of carboxylic acid groups (broad SMARTS) is 1. The lowest BCUT2D eigenvalue weighted by atomic mass is 10.2. The van der Waals surface area contributed by atoms with Gasteiger partial charge in [0.25, 0.3) is 0 Å². The quantitative estimate of drug-likeness (QED) is 0.781. The number of benzene rings is 1. The Kier molecular flexibility index (Phi) is 3.95. The topological polar surface area (TPSA) is 63.6 Å². The fourth-order valence-electron chi connectivity index (χ4n) is 0.937. The van der Waals surface area contributed by atoms with Crippen molar-refractivity contribution in [2.24, 2.45) is 0 Å². The van der Waals surface area contributed by atoms with Crippen LogP contribution in [0.25, 0.3) is 0 Å². The van der Waals surface area contributed by atoms with Crippen LogP contribution in [-0.4, -0.2) is 16.4 Å². The molecular formula is C10H12O4P+. The van der Waals surface area contributed by atoms with Gasteiger partial charge in [0.05, 0.1) is 6.61 Å². The number of hydrogen-bond donors (Lipinski definition) is 1. The Balaban J connectivity index is 2.63. The molecule has 0 aromatic heterocycles. The summed E-state index contributed by atoms with van der Waals surface area (Å²) in [5.41, 5.74) is 0.850. The summed E-state index contributed by atoms with van der Waals surface area (Å²) in [5.74, 6) is -1.22. The SMILES string of the molecule is CC(OCc1ccccc1)([PH+]=O)C(=O)O. The molecule has 4 nitrogen and oxygen atoms in total. The molecule has 1 aromatic rings. The van der Waals surface area contributed by atoms with E-state index < -0.39 is 19.8 Å². The molecule has 0 saturated heterocycles. The van der Waals surface area contributed by atoms with Gasteiger partial charge in [0.15, 0.2) is 0 Å². The minimum atomic E-state index is -1.62. The lowest BCUT2D eigenvalue weighted by Gasteiger charge is -2.11. The second-order valence-corrected chi connectivity index (χ2v) is 4.37. The minimum Gasteiger partial charge on any atom is -0.476 e. The van der Waals surface area contributed by atoms with E-state index in [1.165, 1.54) is 6.92 Å². The molecule has 2 atom stereocenters. The van der Waals surface area contributed by atoms with Crippen molar-refractivity contribution in [1.82, 2.24) is 0 Å². The van der Waals surface area contributed by atoms with E-state index in [0.29, 0.717) is 0 Å². The van der Waals surface area contributed by atoms with Crippen molar-refractivity contribution in [2.75, 3.05) is 0 Å². The molecule has 0 aliphatic rings. The van der Waals surface area contributed by atoms with Crippen molar-refractivity contribution in [3.63, 3.8) is 0 Å². The molecule has 15 heavy (non-hydrogen) atoms. The lowest BCUT2D eigenvalue weighted by molar-refractivity contribution is -0.154. The smallest absolute Gasteiger partial charge is 0.387 e. The zero-order chi connectivity index (χ0) is 11.3. The van der Waals surface area contributed by atoms with E-state index in [1.807, 2.05) is 30.3 Å². The normalized spacial score (nSPS) is 14.7. The van der Waals surface area contributed by atoms with Crippen LogP contribution in [0, 0.1) is 0 Å². The molecule has 1 aromatic carbocycles. The van der Waals surface area contributed by atoms with Gasteiger partial charge >= 0.3 is 19.8 Å². The Morgan fingerprint density at radius 1 is 1.47 bits per heavy atom. The second kappa shape index (κ2) is 5.01. The third-order valence-corrected chi connectivity index (χ3v) is 2.72. The van der Waals surface area contributed by atoms with Gasteiger partial charge < -0.3 is 9.84 Å². The van der Waals surface area contributed by atoms with Gasteiger partial charge in [0.2, 0.25) is 0 Å². The van der Waals surface area contributed by atoms with E-state index in [1.54, 1.807) is 0 Å². The third kappa shape index (κ3) is 3.11. The minimum absolute atomic E-state index is 0.138. The lowest BCUT2D eigenvalue weighted by Crippen LogP contribution is -2.31. The van der Waals surface area contributed by atoms with Crippen molar-refractivity contribution in [3.8, 4) is 0 Å². The van der Waals surface area contributed by atoms with Crippen molar-refractivity contribution in [3.05, 3.63) is 35.9 Å². The molecule has 1 rings (SSSR count). The van der Waals surface area contributed by atoms with Crippen LogP contribution < -0.4 is 0 Å². The summed E-state index contributed by atoms with van der Waals surface area (Å²) in [7, 11) is -1.04. The van der Waals surface area contributed by atoms with Gasteiger partial charge in [-0.25, -0.2) is 4.79 Å². The maximum atomic E-state index is 10.8. The number of ether oxygens (including phenoxy) is 1. The van der Waals surface area contributed by atoms with Crippen LogP contribution in [0.5, 0.6) is 0 Å². The van der Waals surface area contributed by atoms with Crippen molar-refractivity contribution >= 4 is 14.4 Å². The van der Waals surface area contributed by atoms with Gasteiger partial charge in [0, 0.05) is 6.92 Å². The molecule has 0 spiro atoms. The van der Waals surface area contributed by atoms with E-state index in [9.17, 15) is 9.36 Å². The predicted octanol–water partition coefficient (Wildman–Crippen LogP) is 2.03. The van der Waals surface area contributed by atoms with E-state index in [-0.39, 0.29) is 6.61 Å². The summed E-state index contributed by atoms with van der Waals surface area (Å²) in [6.07, 6.45) is 0. The van der Waals surface area contributed by atoms with E-state index >= 15 is 0 Å². The van der Waals surface area contributed by atoms with Crippen LogP contribution in [0.3, 0.4) is 0 Å². The molecule has 0 radical (unpaired) electrons. The van der Waals surface area contributed by atoms with Crippen LogP contribution in [0.1, 0.15) is 12.5 Å². The molecule has 0 bridgehead atoms. The molecule has 2 unspecified atom stereocenters. The van der Waals surface area contributed by atoms with Gasteiger partial charge in [0.1, 0.15) is 0 Å². The summed E-state index contributed by atoms with van der Waals surface area (Å²) in [4.78, 5) is 10.8. The number of aliphatic carboxylic acids is 1. The molecule has 5 heteroatoms. The summed E-state index contributed by atoms with van der Waals surface area (Å²) < 4.78 is 15.9. The average Bonchev–Trinajstić information content (AvgIpc) is 2.27. The number of carboxylic acids is 1. The van der Waals surface area contributed by atoms with Crippen LogP contribution in [0.4, 0.5) is 0 Å². The van der Waals surface area contributed by atoms with Gasteiger partial charge in [-0.05, 0) is 5.56 Å². The van der Waals surface area contributed by atoms with Gasteiger partial charge in [-0.15, -0.1) is 0 Å². The molecule has 0 aliphatic carbocycles. The Bertz CT molecular complexity index is 352. The highest BCUT2D eigenvalue weighted by Crippen LogP contribution is 2.25. The van der Waals surface area contributed by atoms with Gasteiger partial charge in [-0.2, -0.15) is 0 Å². The summed E-state index contributed by atoms with van der Waals surface area (Å²) in [6.45, 7) is 1.43. The van der Waals surface area contributed by atoms with E-state index in [2.05, 4.69) is 0 Å². The molecule has 0 saturated carbocycles.